The Balaban J connectivity index is 1.58. The van der Waals surface area contributed by atoms with E-state index in [9.17, 15) is 36.3 Å². The molecule has 4 rings (SSSR count). The third-order valence-electron chi connectivity index (χ3n) is 6.39. The molecule has 0 spiro atoms. The van der Waals surface area contributed by atoms with Crippen LogP contribution in [0.2, 0.25) is 4.34 Å². The molecule has 1 aromatic heterocycles. The molecule has 3 amide bonds. The van der Waals surface area contributed by atoms with Crippen molar-refractivity contribution in [3.8, 4) is 0 Å². The summed E-state index contributed by atoms with van der Waals surface area (Å²) in [6.45, 7) is -1.83. The van der Waals surface area contributed by atoms with E-state index in [4.69, 9.17) is 16.3 Å². The summed E-state index contributed by atoms with van der Waals surface area (Å²) in [5, 5.41) is 4.81. The van der Waals surface area contributed by atoms with Crippen LogP contribution in [0.1, 0.15) is 34.5 Å². The van der Waals surface area contributed by atoms with Crippen LogP contribution in [0, 0.1) is 5.92 Å². The van der Waals surface area contributed by atoms with Crippen LogP contribution >= 0.6 is 22.9 Å². The fourth-order valence-corrected chi connectivity index (χ4v) is 5.24. The van der Waals surface area contributed by atoms with Gasteiger partial charge in [0, 0.05) is 36.6 Å². The molecule has 0 unspecified atom stereocenters. The van der Waals surface area contributed by atoms with E-state index < -0.39 is 55.0 Å². The van der Waals surface area contributed by atoms with E-state index in [0.717, 1.165) is 22.3 Å². The molecule has 1 atom stereocenters. The standard InChI is InChI=1S/C25H26ClF5N4O4S/c26-20-6-5-19(40-20)24(38)32-10-18(34(11-14-1-2-14)13-25(29,30)31)23(37)33-17-4-3-15(9-16(17)22(27)28)35-7-8-39-12-21(35)36/h3-6,9,14,18,22H,1-2,7-8,10-13H2,(H,32,38)(H,33,37)/t18-/m0/s1. The second-order valence-corrected chi connectivity index (χ2v) is 11.2. The summed E-state index contributed by atoms with van der Waals surface area (Å²) in [6.07, 6.45) is -6.33. The smallest absolute Gasteiger partial charge is 0.370 e. The van der Waals surface area contributed by atoms with Gasteiger partial charge in [-0.2, -0.15) is 13.2 Å². The first-order valence-corrected chi connectivity index (χ1v) is 13.6. The van der Waals surface area contributed by atoms with Crippen LogP contribution in [0.5, 0.6) is 0 Å². The van der Waals surface area contributed by atoms with Gasteiger partial charge in [0.25, 0.3) is 18.2 Å². The summed E-state index contributed by atoms with van der Waals surface area (Å²) in [6, 6.07) is 4.99. The number of carbonyl (C=O) groups excluding carboxylic acids is 3. The lowest BCUT2D eigenvalue weighted by molar-refractivity contribution is -0.154. The number of anilines is 2. The van der Waals surface area contributed by atoms with Crippen LogP contribution in [0.15, 0.2) is 30.3 Å². The Bertz CT molecular complexity index is 1240. The Labute approximate surface area is 235 Å². The van der Waals surface area contributed by atoms with Gasteiger partial charge in [-0.05, 0) is 49.1 Å². The van der Waals surface area contributed by atoms with Crippen LogP contribution in [0.3, 0.4) is 0 Å². The SMILES string of the molecule is O=C(NC[C@@H](C(=O)Nc1ccc(N2CCOCC2=O)cc1C(F)F)N(CC1CC1)CC(F)(F)F)c1ccc(Cl)s1. The Morgan fingerprint density at radius 3 is 2.55 bits per heavy atom. The van der Waals surface area contributed by atoms with Crippen molar-refractivity contribution in [3.05, 3.63) is 45.1 Å². The number of alkyl halides is 5. The second kappa shape index (κ2) is 12.8. The van der Waals surface area contributed by atoms with Crippen molar-refractivity contribution in [1.29, 1.82) is 0 Å². The maximum absolute atomic E-state index is 14.0. The van der Waals surface area contributed by atoms with Crippen LogP contribution in [-0.2, 0) is 14.3 Å². The van der Waals surface area contributed by atoms with Gasteiger partial charge in [-0.1, -0.05) is 11.6 Å². The fourth-order valence-electron chi connectivity index (χ4n) is 4.28. The van der Waals surface area contributed by atoms with Gasteiger partial charge >= 0.3 is 6.18 Å². The lowest BCUT2D eigenvalue weighted by Gasteiger charge is -2.32. The van der Waals surface area contributed by atoms with E-state index >= 15 is 0 Å². The summed E-state index contributed by atoms with van der Waals surface area (Å²) in [5.41, 5.74) is -0.748. The van der Waals surface area contributed by atoms with Gasteiger partial charge in [-0.25, -0.2) is 8.78 Å². The van der Waals surface area contributed by atoms with Crippen LogP contribution < -0.4 is 15.5 Å². The number of halogens is 6. The number of nitrogens with one attached hydrogen (secondary N) is 2. The number of amides is 3. The van der Waals surface area contributed by atoms with E-state index in [1.165, 1.54) is 29.2 Å². The maximum atomic E-state index is 14.0. The van der Waals surface area contributed by atoms with Gasteiger partial charge in [-0.3, -0.25) is 19.3 Å². The predicted molar refractivity (Wildman–Crippen MR) is 139 cm³/mol. The lowest BCUT2D eigenvalue weighted by Crippen LogP contribution is -2.54. The molecule has 8 nitrogen and oxygen atoms in total. The zero-order valence-corrected chi connectivity index (χ0v) is 22.6. The minimum Gasteiger partial charge on any atom is -0.370 e. The highest BCUT2D eigenvalue weighted by Crippen LogP contribution is 2.34. The maximum Gasteiger partial charge on any atom is 0.401 e. The molecule has 1 aliphatic heterocycles. The minimum atomic E-state index is -4.65. The molecule has 2 aliphatic rings. The van der Waals surface area contributed by atoms with E-state index in [1.807, 2.05) is 0 Å². The van der Waals surface area contributed by atoms with Crippen molar-refractivity contribution in [1.82, 2.24) is 10.2 Å². The number of nitrogens with zero attached hydrogens (tertiary/aromatic N) is 2. The van der Waals surface area contributed by atoms with Crippen LogP contribution in [0.25, 0.3) is 0 Å². The normalized spacial score (nSPS) is 16.9. The zero-order valence-electron chi connectivity index (χ0n) is 21.0. The van der Waals surface area contributed by atoms with Crippen molar-refractivity contribution >= 4 is 52.0 Å². The Kier molecular flexibility index (Phi) is 9.64. The Morgan fingerprint density at radius 1 is 1.20 bits per heavy atom. The highest BCUT2D eigenvalue weighted by molar-refractivity contribution is 7.18. The van der Waals surface area contributed by atoms with Crippen molar-refractivity contribution in [2.45, 2.75) is 31.5 Å². The third-order valence-corrected chi connectivity index (χ3v) is 7.62. The second-order valence-electron chi connectivity index (χ2n) is 9.48. The third kappa shape index (κ3) is 8.12. The zero-order chi connectivity index (χ0) is 29.0. The van der Waals surface area contributed by atoms with Crippen molar-refractivity contribution in [3.63, 3.8) is 0 Å². The average molecular weight is 609 g/mol. The van der Waals surface area contributed by atoms with E-state index in [2.05, 4.69) is 10.6 Å². The van der Waals surface area contributed by atoms with Crippen LogP contribution in [0.4, 0.5) is 33.3 Å². The van der Waals surface area contributed by atoms with Crippen molar-refractivity contribution in [2.24, 2.45) is 5.92 Å². The number of hydrogen-bond donors (Lipinski definition) is 2. The molecule has 15 heteroatoms. The summed E-state index contributed by atoms with van der Waals surface area (Å²) in [5.74, 6) is -2.10. The van der Waals surface area contributed by atoms with Gasteiger partial charge in [0.05, 0.1) is 22.4 Å². The predicted octanol–water partition coefficient (Wildman–Crippen LogP) is 4.71. The highest BCUT2D eigenvalue weighted by atomic mass is 35.5. The van der Waals surface area contributed by atoms with Crippen LogP contribution in [-0.4, -0.2) is 74.2 Å². The molecule has 2 heterocycles. The Morgan fingerprint density at radius 2 is 1.95 bits per heavy atom. The van der Waals surface area contributed by atoms with E-state index in [0.29, 0.717) is 17.2 Å². The van der Waals surface area contributed by atoms with E-state index in [1.54, 1.807) is 0 Å². The number of hydrogen-bond acceptors (Lipinski definition) is 6. The first kappa shape index (κ1) is 30.2. The lowest BCUT2D eigenvalue weighted by atomic mass is 10.1. The number of thiophene rings is 1. The molecule has 1 aromatic carbocycles. The fraction of sp³-hybridized carbons (Fsp3) is 0.480. The van der Waals surface area contributed by atoms with Crippen molar-refractivity contribution in [2.75, 3.05) is 49.6 Å². The minimum absolute atomic E-state index is 0.0496. The molecule has 1 saturated carbocycles. The topological polar surface area (TPSA) is 91.0 Å². The number of morpholine rings is 1. The molecule has 2 aromatic rings. The number of benzene rings is 1. The van der Waals surface area contributed by atoms with E-state index in [-0.39, 0.29) is 48.5 Å². The molecule has 1 saturated heterocycles. The first-order valence-electron chi connectivity index (χ1n) is 12.4. The van der Waals surface area contributed by atoms with Gasteiger partial charge in [0.1, 0.15) is 12.6 Å². The highest BCUT2D eigenvalue weighted by Gasteiger charge is 2.39. The molecule has 2 N–H and O–H groups in total. The number of ether oxygens (including phenoxy) is 1. The van der Waals surface area contributed by atoms with Crippen molar-refractivity contribution < 1.29 is 41.1 Å². The van der Waals surface area contributed by atoms with Gasteiger partial charge in [-0.15, -0.1) is 11.3 Å². The summed E-state index contributed by atoms with van der Waals surface area (Å²) in [7, 11) is 0. The molecule has 0 radical (unpaired) electrons. The average Bonchev–Trinajstić information content (AvgIpc) is 3.59. The largest absolute Gasteiger partial charge is 0.401 e. The monoisotopic (exact) mass is 608 g/mol. The first-order chi connectivity index (χ1) is 18.9. The van der Waals surface area contributed by atoms with Gasteiger partial charge in [0.15, 0.2) is 0 Å². The molecular formula is C25H26ClF5N4O4S. The summed E-state index contributed by atoms with van der Waals surface area (Å²) >= 11 is 6.81. The Hall–Kier alpha value is -2.81. The number of rotatable bonds is 11. The molecular weight excluding hydrogens is 583 g/mol. The molecule has 40 heavy (non-hydrogen) atoms. The van der Waals surface area contributed by atoms with Gasteiger partial charge < -0.3 is 20.3 Å². The summed E-state index contributed by atoms with van der Waals surface area (Å²) < 4.78 is 73.9. The summed E-state index contributed by atoms with van der Waals surface area (Å²) in [4.78, 5) is 40.5. The molecule has 218 valence electrons. The van der Waals surface area contributed by atoms with Gasteiger partial charge in [0.2, 0.25) is 5.91 Å². The number of carbonyl (C=O) groups is 3. The molecule has 0 bridgehead atoms. The molecule has 2 fully saturated rings. The quantitative estimate of drug-likeness (QED) is 0.361. The molecule has 1 aliphatic carbocycles.